The molecule has 13 heavy (non-hydrogen) atoms. The molecule has 1 saturated carbocycles. The van der Waals surface area contributed by atoms with Gasteiger partial charge >= 0.3 is 0 Å². The number of nitrogens with zero attached hydrogens (tertiary/aromatic N) is 2. The molecule has 0 amide bonds. The fourth-order valence-electron chi connectivity index (χ4n) is 2.10. The average molecular weight is 180 g/mol. The molecule has 1 fully saturated rings. The zero-order valence-corrected chi connectivity index (χ0v) is 7.93. The Bertz CT molecular complexity index is 258. The van der Waals surface area contributed by atoms with Gasteiger partial charge in [-0.1, -0.05) is 6.92 Å². The molecule has 3 unspecified atom stereocenters. The van der Waals surface area contributed by atoms with Crippen molar-refractivity contribution in [2.24, 2.45) is 5.92 Å². The summed E-state index contributed by atoms with van der Waals surface area (Å²) >= 11 is 0. The number of aliphatic hydroxyl groups excluding tert-OH is 1. The van der Waals surface area contributed by atoms with Gasteiger partial charge in [-0.25, -0.2) is 0 Å². The number of hydrogen-bond donors (Lipinski definition) is 1. The number of aliphatic hydroxyl groups is 1. The fraction of sp³-hybridized carbons (Fsp3) is 0.700. The van der Waals surface area contributed by atoms with Gasteiger partial charge in [-0.3, -0.25) is 4.68 Å². The van der Waals surface area contributed by atoms with Crippen molar-refractivity contribution >= 4 is 0 Å². The van der Waals surface area contributed by atoms with Crippen LogP contribution >= 0.6 is 0 Å². The fourth-order valence-corrected chi connectivity index (χ4v) is 2.10. The number of hydrogen-bond acceptors (Lipinski definition) is 2. The quantitative estimate of drug-likeness (QED) is 0.713. The highest BCUT2D eigenvalue weighted by atomic mass is 16.3. The van der Waals surface area contributed by atoms with E-state index in [0.29, 0.717) is 5.92 Å². The van der Waals surface area contributed by atoms with Crippen LogP contribution < -0.4 is 0 Å². The second kappa shape index (κ2) is 3.50. The van der Waals surface area contributed by atoms with Gasteiger partial charge in [0.25, 0.3) is 0 Å². The summed E-state index contributed by atoms with van der Waals surface area (Å²) in [5.74, 6) is 0.706. The summed E-state index contributed by atoms with van der Waals surface area (Å²) < 4.78 is 1.89. The predicted octanol–water partition coefficient (Wildman–Crippen LogP) is 1.61. The lowest BCUT2D eigenvalue weighted by Crippen LogP contribution is -2.30. The van der Waals surface area contributed by atoms with E-state index >= 15 is 0 Å². The van der Waals surface area contributed by atoms with Crippen LogP contribution in [-0.2, 0) is 0 Å². The van der Waals surface area contributed by atoms with Crippen molar-refractivity contribution in [3.63, 3.8) is 0 Å². The summed E-state index contributed by atoms with van der Waals surface area (Å²) in [6.45, 7) is 2.24. The predicted molar refractivity (Wildman–Crippen MR) is 50.3 cm³/mol. The standard InChI is InChI=1S/C10H16N2O/c1-8-3-4-10(13)9(7-8)12-6-2-5-11-12/h2,5-6,8-10,13H,3-4,7H2,1H3. The average Bonchev–Trinajstić information content (AvgIpc) is 2.61. The molecule has 3 heteroatoms. The van der Waals surface area contributed by atoms with Gasteiger partial charge in [0.15, 0.2) is 0 Å². The molecule has 0 aromatic carbocycles. The van der Waals surface area contributed by atoms with Crippen molar-refractivity contribution in [2.75, 3.05) is 0 Å². The van der Waals surface area contributed by atoms with Crippen molar-refractivity contribution in [1.82, 2.24) is 9.78 Å². The van der Waals surface area contributed by atoms with Crippen molar-refractivity contribution in [3.8, 4) is 0 Å². The third kappa shape index (κ3) is 1.75. The van der Waals surface area contributed by atoms with Crippen LogP contribution in [0.5, 0.6) is 0 Å². The smallest absolute Gasteiger partial charge is 0.0780 e. The highest BCUT2D eigenvalue weighted by Gasteiger charge is 2.28. The molecule has 0 saturated heterocycles. The van der Waals surface area contributed by atoms with E-state index in [9.17, 15) is 5.11 Å². The van der Waals surface area contributed by atoms with Gasteiger partial charge in [0, 0.05) is 12.4 Å². The van der Waals surface area contributed by atoms with Crippen LogP contribution in [0.2, 0.25) is 0 Å². The second-order valence-corrected chi connectivity index (χ2v) is 4.04. The first-order valence-corrected chi connectivity index (χ1v) is 4.94. The monoisotopic (exact) mass is 180 g/mol. The zero-order valence-electron chi connectivity index (χ0n) is 7.93. The van der Waals surface area contributed by atoms with Gasteiger partial charge in [-0.15, -0.1) is 0 Å². The van der Waals surface area contributed by atoms with Crippen LogP contribution in [0.15, 0.2) is 18.5 Å². The van der Waals surface area contributed by atoms with Gasteiger partial charge in [0.05, 0.1) is 12.1 Å². The molecule has 2 rings (SSSR count). The molecule has 0 radical (unpaired) electrons. The van der Waals surface area contributed by atoms with E-state index in [0.717, 1.165) is 19.3 Å². The van der Waals surface area contributed by atoms with E-state index < -0.39 is 0 Å². The number of rotatable bonds is 1. The topological polar surface area (TPSA) is 38.0 Å². The molecule has 0 bridgehead atoms. The van der Waals surface area contributed by atoms with Gasteiger partial charge in [-0.2, -0.15) is 5.10 Å². The Morgan fingerprint density at radius 2 is 2.31 bits per heavy atom. The summed E-state index contributed by atoms with van der Waals surface area (Å²) in [6.07, 6.45) is 6.59. The van der Waals surface area contributed by atoms with Crippen LogP contribution in [0.4, 0.5) is 0 Å². The minimum Gasteiger partial charge on any atom is -0.391 e. The maximum Gasteiger partial charge on any atom is 0.0780 e. The van der Waals surface area contributed by atoms with Crippen LogP contribution in [0.25, 0.3) is 0 Å². The summed E-state index contributed by atoms with van der Waals surface area (Å²) in [7, 11) is 0. The van der Waals surface area contributed by atoms with Gasteiger partial charge in [-0.05, 0) is 31.2 Å². The molecule has 72 valence electrons. The van der Waals surface area contributed by atoms with Crippen LogP contribution in [0.3, 0.4) is 0 Å². The molecular formula is C10H16N2O. The van der Waals surface area contributed by atoms with Gasteiger partial charge in [0.1, 0.15) is 0 Å². The summed E-state index contributed by atoms with van der Waals surface area (Å²) in [6, 6.07) is 2.10. The highest BCUT2D eigenvalue weighted by molar-refractivity contribution is 4.87. The second-order valence-electron chi connectivity index (χ2n) is 4.04. The lowest BCUT2D eigenvalue weighted by atomic mass is 9.85. The maximum atomic E-state index is 9.80. The summed E-state index contributed by atoms with van der Waals surface area (Å²) in [5, 5.41) is 14.0. The maximum absolute atomic E-state index is 9.80. The van der Waals surface area contributed by atoms with Gasteiger partial charge in [0.2, 0.25) is 0 Å². The summed E-state index contributed by atoms with van der Waals surface area (Å²) in [5.41, 5.74) is 0. The molecule has 1 aliphatic rings. The first-order chi connectivity index (χ1) is 6.27. The molecule has 0 aliphatic heterocycles. The van der Waals surface area contributed by atoms with Crippen molar-refractivity contribution in [2.45, 2.75) is 38.3 Å². The summed E-state index contributed by atoms with van der Waals surface area (Å²) in [4.78, 5) is 0. The van der Waals surface area contributed by atoms with Crippen molar-refractivity contribution < 1.29 is 5.11 Å². The largest absolute Gasteiger partial charge is 0.391 e. The molecule has 1 aromatic heterocycles. The van der Waals surface area contributed by atoms with Crippen molar-refractivity contribution in [3.05, 3.63) is 18.5 Å². The van der Waals surface area contributed by atoms with Crippen LogP contribution in [-0.4, -0.2) is 21.0 Å². The molecule has 0 spiro atoms. The van der Waals surface area contributed by atoms with Gasteiger partial charge < -0.3 is 5.11 Å². The third-order valence-corrected chi connectivity index (χ3v) is 2.91. The number of aromatic nitrogens is 2. The van der Waals surface area contributed by atoms with E-state index in [2.05, 4.69) is 12.0 Å². The first-order valence-electron chi connectivity index (χ1n) is 4.94. The minimum absolute atomic E-state index is 0.193. The lowest BCUT2D eigenvalue weighted by molar-refractivity contribution is 0.0519. The Hall–Kier alpha value is -0.830. The Kier molecular flexibility index (Phi) is 2.36. The Morgan fingerprint density at radius 3 is 3.00 bits per heavy atom. The molecule has 1 heterocycles. The van der Waals surface area contributed by atoms with E-state index in [4.69, 9.17) is 0 Å². The highest BCUT2D eigenvalue weighted by Crippen LogP contribution is 2.31. The molecule has 1 N–H and O–H groups in total. The van der Waals surface area contributed by atoms with E-state index in [1.165, 1.54) is 0 Å². The minimum atomic E-state index is -0.212. The first kappa shape index (κ1) is 8.75. The Labute approximate surface area is 78.4 Å². The van der Waals surface area contributed by atoms with Crippen LogP contribution in [0.1, 0.15) is 32.2 Å². The van der Waals surface area contributed by atoms with E-state index in [-0.39, 0.29) is 12.1 Å². The zero-order chi connectivity index (χ0) is 9.26. The van der Waals surface area contributed by atoms with Crippen molar-refractivity contribution in [1.29, 1.82) is 0 Å². The molecule has 1 aliphatic carbocycles. The van der Waals surface area contributed by atoms with E-state index in [1.807, 2.05) is 16.9 Å². The Morgan fingerprint density at radius 1 is 1.46 bits per heavy atom. The molecular weight excluding hydrogens is 164 g/mol. The molecule has 3 nitrogen and oxygen atoms in total. The third-order valence-electron chi connectivity index (χ3n) is 2.91. The Balaban J connectivity index is 2.12. The normalized spacial score (nSPS) is 34.8. The SMILES string of the molecule is CC1CCC(O)C(n2cccn2)C1. The molecule has 1 aromatic rings. The molecule has 3 atom stereocenters. The van der Waals surface area contributed by atoms with E-state index in [1.54, 1.807) is 6.20 Å². The van der Waals surface area contributed by atoms with Crippen LogP contribution in [0, 0.1) is 5.92 Å². The lowest BCUT2D eigenvalue weighted by Gasteiger charge is -2.31.